The summed E-state index contributed by atoms with van der Waals surface area (Å²) in [4.78, 5) is 21.1. The average Bonchev–Trinajstić information content (AvgIpc) is 2.62. The van der Waals surface area contributed by atoms with Gasteiger partial charge in [-0.2, -0.15) is 5.26 Å². The highest BCUT2D eigenvalue weighted by Gasteiger charge is 2.09. The summed E-state index contributed by atoms with van der Waals surface area (Å²) < 4.78 is 5.75. The number of nitriles is 1. The molecule has 0 spiro atoms. The lowest BCUT2D eigenvalue weighted by atomic mass is 10.1. The predicted octanol–water partition coefficient (Wildman–Crippen LogP) is 2.24. The minimum atomic E-state index is -0.280. The van der Waals surface area contributed by atoms with E-state index in [0.717, 1.165) is 0 Å². The molecule has 0 aliphatic rings. The smallest absolute Gasteiger partial charge is 0.228 e. The summed E-state index contributed by atoms with van der Waals surface area (Å²) in [7, 11) is 1.48. The van der Waals surface area contributed by atoms with Gasteiger partial charge in [-0.3, -0.25) is 4.79 Å². The van der Waals surface area contributed by atoms with Crippen molar-refractivity contribution in [2.75, 3.05) is 13.7 Å². The highest BCUT2D eigenvalue weighted by atomic mass is 79.9. The van der Waals surface area contributed by atoms with Gasteiger partial charge in [-0.25, -0.2) is 4.98 Å². The number of carbonyl (C=O) groups excluding carboxylic acids is 1. The number of ketones is 1. The zero-order valence-corrected chi connectivity index (χ0v) is 14.3. The number of hydrogen-bond donors (Lipinski definition) is 1. The Balaban J connectivity index is 1.99. The molecule has 0 saturated carbocycles. The molecule has 0 radical (unpaired) electrons. The number of benzene rings is 1. The molecule has 0 fully saturated rings. The van der Waals surface area contributed by atoms with Gasteiger partial charge in [0.15, 0.2) is 12.4 Å². The lowest BCUT2D eigenvalue weighted by Crippen LogP contribution is -2.17. The van der Waals surface area contributed by atoms with E-state index in [0.29, 0.717) is 27.2 Å². The van der Waals surface area contributed by atoms with E-state index in [4.69, 9.17) is 20.6 Å². The lowest BCUT2D eigenvalue weighted by Gasteiger charge is -2.05. The molecule has 8 heteroatoms. The van der Waals surface area contributed by atoms with Crippen molar-refractivity contribution in [3.63, 3.8) is 0 Å². The molecule has 0 atom stereocenters. The molecule has 7 nitrogen and oxygen atoms in total. The largest absolute Gasteiger partial charge is 0.480 e. The van der Waals surface area contributed by atoms with Gasteiger partial charge in [-0.15, -0.1) is 0 Å². The number of nitrogens with zero attached hydrogens (tertiary/aromatic N) is 3. The van der Waals surface area contributed by atoms with Crippen LogP contribution in [0.1, 0.15) is 21.6 Å². The van der Waals surface area contributed by atoms with Crippen molar-refractivity contribution in [1.82, 2.24) is 4.98 Å². The molecule has 0 saturated heterocycles. The lowest BCUT2D eigenvalue weighted by molar-refractivity contribution is 0.0775. The summed E-state index contributed by atoms with van der Waals surface area (Å²) in [5.41, 5.74) is 7.04. The molecule has 0 unspecified atom stereocenters. The van der Waals surface area contributed by atoms with Crippen LogP contribution in [0, 0.1) is 11.3 Å². The maximum absolute atomic E-state index is 11.9. The van der Waals surface area contributed by atoms with Crippen LogP contribution in [0.25, 0.3) is 0 Å². The SMILES string of the molecule is COc1nc(/C(N)=N/OCC(=O)c2ccc(C#N)cc2)ccc1Br. The average molecular weight is 389 g/mol. The number of methoxy groups -OCH3 is 1. The van der Waals surface area contributed by atoms with Gasteiger partial charge < -0.3 is 15.3 Å². The highest BCUT2D eigenvalue weighted by molar-refractivity contribution is 9.10. The summed E-state index contributed by atoms with van der Waals surface area (Å²) in [6.07, 6.45) is 0. The van der Waals surface area contributed by atoms with Crippen LogP contribution >= 0.6 is 15.9 Å². The first-order chi connectivity index (χ1) is 11.5. The molecule has 2 rings (SSSR count). The number of Topliss-reactive ketones (excluding diaryl/α,β-unsaturated/α-hetero) is 1. The molecule has 24 heavy (non-hydrogen) atoms. The topological polar surface area (TPSA) is 111 Å². The molecule has 1 heterocycles. The molecule has 2 N–H and O–H groups in total. The molecule has 2 aromatic rings. The Morgan fingerprint density at radius 3 is 2.67 bits per heavy atom. The van der Waals surface area contributed by atoms with Crippen LogP contribution < -0.4 is 10.5 Å². The molecule has 1 aromatic carbocycles. The fourth-order valence-corrected chi connectivity index (χ4v) is 2.11. The van der Waals surface area contributed by atoms with Crippen molar-refractivity contribution in [2.45, 2.75) is 0 Å². The Morgan fingerprint density at radius 2 is 2.04 bits per heavy atom. The third-order valence-corrected chi connectivity index (χ3v) is 3.57. The van der Waals surface area contributed by atoms with E-state index in [9.17, 15) is 4.79 Å². The standard InChI is InChI=1S/C16H13BrN4O3/c1-23-16-12(17)6-7-13(20-16)15(19)21-24-9-14(22)11-4-2-10(8-18)3-5-11/h2-7H,9H2,1H3,(H2,19,21). The minimum Gasteiger partial charge on any atom is -0.480 e. The van der Waals surface area contributed by atoms with E-state index in [1.165, 1.54) is 7.11 Å². The minimum absolute atomic E-state index is 0.0217. The third-order valence-electron chi connectivity index (χ3n) is 2.96. The van der Waals surface area contributed by atoms with Crippen molar-refractivity contribution >= 4 is 27.5 Å². The van der Waals surface area contributed by atoms with E-state index in [1.54, 1.807) is 36.4 Å². The normalized spacial score (nSPS) is 10.8. The first-order valence-corrected chi connectivity index (χ1v) is 7.54. The fourth-order valence-electron chi connectivity index (χ4n) is 1.73. The number of aromatic nitrogens is 1. The zero-order chi connectivity index (χ0) is 17.5. The van der Waals surface area contributed by atoms with Crippen LogP contribution in [0.5, 0.6) is 5.88 Å². The summed E-state index contributed by atoms with van der Waals surface area (Å²) in [5, 5.41) is 12.4. The number of rotatable bonds is 6. The van der Waals surface area contributed by atoms with E-state index in [1.807, 2.05) is 6.07 Å². The molecule has 122 valence electrons. The summed E-state index contributed by atoms with van der Waals surface area (Å²) in [6.45, 7) is -0.278. The second-order valence-corrected chi connectivity index (χ2v) is 5.40. The van der Waals surface area contributed by atoms with Crippen LogP contribution in [-0.4, -0.2) is 30.3 Å². The Labute approximate surface area is 146 Å². The highest BCUT2D eigenvalue weighted by Crippen LogP contribution is 2.21. The monoisotopic (exact) mass is 388 g/mol. The van der Waals surface area contributed by atoms with Gasteiger partial charge in [0.1, 0.15) is 5.69 Å². The number of amidine groups is 1. The quantitative estimate of drug-likeness (QED) is 0.351. The molecule has 0 aliphatic carbocycles. The van der Waals surface area contributed by atoms with Gasteiger partial charge in [-0.1, -0.05) is 5.16 Å². The van der Waals surface area contributed by atoms with Gasteiger partial charge >= 0.3 is 0 Å². The number of nitrogens with two attached hydrogens (primary N) is 1. The number of ether oxygens (including phenoxy) is 1. The van der Waals surface area contributed by atoms with Gasteiger partial charge in [0, 0.05) is 5.56 Å². The first-order valence-electron chi connectivity index (χ1n) is 6.75. The third kappa shape index (κ3) is 4.30. The van der Waals surface area contributed by atoms with Crippen LogP contribution in [0.3, 0.4) is 0 Å². The zero-order valence-electron chi connectivity index (χ0n) is 12.7. The molecule has 0 aliphatic heterocycles. The van der Waals surface area contributed by atoms with Crippen LogP contribution in [0.15, 0.2) is 46.0 Å². The Kier molecular flexibility index (Phi) is 5.87. The van der Waals surface area contributed by atoms with E-state index in [2.05, 4.69) is 26.1 Å². The van der Waals surface area contributed by atoms with Crippen LogP contribution in [-0.2, 0) is 4.84 Å². The molecule has 1 aromatic heterocycles. The number of carbonyl (C=O) groups is 1. The number of pyridine rings is 1. The van der Waals surface area contributed by atoms with Crippen LogP contribution in [0.4, 0.5) is 0 Å². The summed E-state index contributed by atoms with van der Waals surface area (Å²) in [6, 6.07) is 11.6. The molecular weight excluding hydrogens is 376 g/mol. The number of oxime groups is 1. The summed E-state index contributed by atoms with van der Waals surface area (Å²) >= 11 is 3.28. The van der Waals surface area contributed by atoms with Crippen molar-refractivity contribution in [1.29, 1.82) is 5.26 Å². The first kappa shape index (κ1) is 17.4. The van der Waals surface area contributed by atoms with Crippen molar-refractivity contribution in [3.05, 3.63) is 57.7 Å². The molecule has 0 amide bonds. The van der Waals surface area contributed by atoms with Crippen LogP contribution in [0.2, 0.25) is 0 Å². The van der Waals surface area contributed by atoms with Crippen molar-refractivity contribution in [3.8, 4) is 11.9 Å². The predicted molar refractivity (Wildman–Crippen MR) is 90.7 cm³/mol. The molecule has 0 bridgehead atoms. The van der Waals surface area contributed by atoms with Gasteiger partial charge in [0.05, 0.1) is 23.2 Å². The van der Waals surface area contributed by atoms with Crippen molar-refractivity contribution in [2.24, 2.45) is 10.9 Å². The maximum Gasteiger partial charge on any atom is 0.228 e. The van der Waals surface area contributed by atoms with Gasteiger partial charge in [-0.05, 0) is 52.3 Å². The maximum atomic E-state index is 11.9. The fraction of sp³-hybridized carbons (Fsp3) is 0.125. The van der Waals surface area contributed by atoms with Gasteiger partial charge in [0.2, 0.25) is 11.7 Å². The van der Waals surface area contributed by atoms with E-state index >= 15 is 0 Å². The van der Waals surface area contributed by atoms with E-state index in [-0.39, 0.29) is 18.2 Å². The summed E-state index contributed by atoms with van der Waals surface area (Å²) in [5.74, 6) is 0.102. The van der Waals surface area contributed by atoms with E-state index < -0.39 is 0 Å². The number of halogens is 1. The number of hydrogen-bond acceptors (Lipinski definition) is 6. The second kappa shape index (κ2) is 8.08. The second-order valence-electron chi connectivity index (χ2n) is 4.55. The van der Waals surface area contributed by atoms with Crippen molar-refractivity contribution < 1.29 is 14.4 Å². The Hall–Kier alpha value is -2.92. The Morgan fingerprint density at radius 1 is 1.33 bits per heavy atom. The molecular formula is C16H13BrN4O3. The van der Waals surface area contributed by atoms with Gasteiger partial charge in [0.25, 0.3) is 0 Å². The Bertz CT molecular complexity index is 813.